The van der Waals surface area contributed by atoms with Crippen LogP contribution in [0.1, 0.15) is 67.2 Å². The van der Waals surface area contributed by atoms with Crippen molar-refractivity contribution < 1.29 is 10.2 Å². The molecule has 0 radical (unpaired) electrons. The van der Waals surface area contributed by atoms with Crippen LogP contribution in [0.4, 0.5) is 0 Å². The quantitative estimate of drug-likeness (QED) is 0.806. The monoisotopic (exact) mass is 256 g/mol. The van der Waals surface area contributed by atoms with Crippen molar-refractivity contribution in [3.05, 3.63) is 0 Å². The Morgan fingerprint density at radius 3 is 1.28 bits per heavy atom. The number of hydrogen-bond acceptors (Lipinski definition) is 2. The minimum atomic E-state index is -0.265. The van der Waals surface area contributed by atoms with Gasteiger partial charge in [-0.15, -0.1) is 0 Å². The summed E-state index contributed by atoms with van der Waals surface area (Å²) in [6.07, 6.45) is 3.05. The molecule has 0 amide bonds. The Hall–Kier alpha value is -0.0800. The van der Waals surface area contributed by atoms with Gasteiger partial charge in [-0.25, -0.2) is 0 Å². The lowest BCUT2D eigenvalue weighted by Gasteiger charge is -2.48. The van der Waals surface area contributed by atoms with Gasteiger partial charge in [-0.05, 0) is 35.5 Å². The minimum absolute atomic E-state index is 0.113. The maximum absolute atomic E-state index is 10.5. The average Bonchev–Trinajstić information content (AvgIpc) is 2.31. The second-order valence-corrected chi connectivity index (χ2v) is 7.50. The van der Waals surface area contributed by atoms with Gasteiger partial charge in [0.15, 0.2) is 0 Å². The van der Waals surface area contributed by atoms with Crippen molar-refractivity contribution in [1.82, 2.24) is 0 Å². The van der Waals surface area contributed by atoms with E-state index in [4.69, 9.17) is 0 Å². The summed E-state index contributed by atoms with van der Waals surface area (Å²) in [5, 5.41) is 20.9. The molecular formula is C16H32O2. The molecule has 4 atom stereocenters. The molecule has 1 rings (SSSR count). The molecule has 18 heavy (non-hydrogen) atoms. The van der Waals surface area contributed by atoms with Gasteiger partial charge >= 0.3 is 0 Å². The smallest absolute Gasteiger partial charge is 0.0578 e. The lowest BCUT2D eigenvalue weighted by molar-refractivity contribution is -0.102. The van der Waals surface area contributed by atoms with Crippen molar-refractivity contribution in [3.8, 4) is 0 Å². The van der Waals surface area contributed by atoms with Crippen LogP contribution < -0.4 is 0 Å². The highest BCUT2D eigenvalue weighted by molar-refractivity contribution is 4.96. The van der Waals surface area contributed by atoms with Crippen LogP contribution in [0.5, 0.6) is 0 Å². The molecular weight excluding hydrogens is 224 g/mol. The molecule has 1 aliphatic carbocycles. The van der Waals surface area contributed by atoms with Gasteiger partial charge in [0.1, 0.15) is 0 Å². The number of aliphatic hydroxyl groups is 2. The first-order valence-corrected chi connectivity index (χ1v) is 7.51. The molecule has 0 aromatic rings. The molecule has 0 bridgehead atoms. The van der Waals surface area contributed by atoms with Crippen molar-refractivity contribution in [2.24, 2.45) is 22.7 Å². The molecule has 2 N–H and O–H groups in total. The van der Waals surface area contributed by atoms with E-state index in [-0.39, 0.29) is 34.9 Å². The predicted octanol–water partition coefficient (Wildman–Crippen LogP) is 3.61. The maximum atomic E-state index is 10.5. The van der Waals surface area contributed by atoms with E-state index in [1.54, 1.807) is 0 Å². The predicted molar refractivity (Wildman–Crippen MR) is 76.4 cm³/mol. The maximum Gasteiger partial charge on any atom is 0.0578 e. The standard InChI is InChI=1S/C16H32O2/c1-7-15(3,4)11-9-14(18)12(10-13(11)17)16(5,6)8-2/h11-14,17-18H,7-10H2,1-6H3. The minimum Gasteiger partial charge on any atom is -0.393 e. The van der Waals surface area contributed by atoms with E-state index < -0.39 is 0 Å². The fraction of sp³-hybridized carbons (Fsp3) is 1.00. The second kappa shape index (κ2) is 5.50. The van der Waals surface area contributed by atoms with Gasteiger partial charge < -0.3 is 10.2 Å². The molecule has 0 heterocycles. The number of aliphatic hydroxyl groups excluding tert-OH is 2. The van der Waals surface area contributed by atoms with Gasteiger partial charge in [-0.1, -0.05) is 54.4 Å². The summed E-state index contributed by atoms with van der Waals surface area (Å²) in [6, 6.07) is 0. The molecule has 2 heteroatoms. The molecule has 1 fully saturated rings. The van der Waals surface area contributed by atoms with Crippen LogP contribution >= 0.6 is 0 Å². The fourth-order valence-electron chi connectivity index (χ4n) is 3.37. The highest BCUT2D eigenvalue weighted by atomic mass is 16.3. The molecule has 0 aromatic heterocycles. The lowest BCUT2D eigenvalue weighted by atomic mass is 9.60. The summed E-state index contributed by atoms with van der Waals surface area (Å²) in [4.78, 5) is 0. The zero-order valence-electron chi connectivity index (χ0n) is 13.0. The van der Waals surface area contributed by atoms with E-state index in [1.165, 1.54) is 0 Å². The molecule has 108 valence electrons. The first-order valence-electron chi connectivity index (χ1n) is 7.51. The molecule has 0 aromatic carbocycles. The normalized spacial score (nSPS) is 34.7. The third-order valence-electron chi connectivity index (χ3n) is 5.75. The summed E-state index contributed by atoms with van der Waals surface area (Å²) in [5.74, 6) is 0.447. The zero-order chi connectivity index (χ0) is 14.1. The highest BCUT2D eigenvalue weighted by Gasteiger charge is 2.46. The average molecular weight is 256 g/mol. The molecule has 0 spiro atoms. The van der Waals surface area contributed by atoms with Crippen LogP contribution in [0.2, 0.25) is 0 Å². The third-order valence-corrected chi connectivity index (χ3v) is 5.75. The Morgan fingerprint density at radius 1 is 0.778 bits per heavy atom. The summed E-state index contributed by atoms with van der Waals surface area (Å²) in [7, 11) is 0. The SMILES string of the molecule is CCC(C)(C)C1CC(O)C(C(C)(C)CC)CC1O. The van der Waals surface area contributed by atoms with Gasteiger partial charge in [0.2, 0.25) is 0 Å². The fourth-order valence-corrected chi connectivity index (χ4v) is 3.37. The number of hydrogen-bond donors (Lipinski definition) is 2. The van der Waals surface area contributed by atoms with Crippen molar-refractivity contribution >= 4 is 0 Å². The first kappa shape index (κ1) is 16.0. The molecule has 1 saturated carbocycles. The zero-order valence-corrected chi connectivity index (χ0v) is 13.0. The largest absolute Gasteiger partial charge is 0.393 e. The third kappa shape index (κ3) is 3.08. The van der Waals surface area contributed by atoms with Crippen molar-refractivity contribution in [1.29, 1.82) is 0 Å². The molecule has 0 saturated heterocycles. The van der Waals surface area contributed by atoms with E-state index in [0.29, 0.717) is 0 Å². The van der Waals surface area contributed by atoms with E-state index in [1.807, 2.05) is 0 Å². The van der Waals surface area contributed by atoms with E-state index in [2.05, 4.69) is 41.5 Å². The summed E-state index contributed by atoms with van der Waals surface area (Å²) in [6.45, 7) is 13.2. The van der Waals surface area contributed by atoms with Gasteiger partial charge in [-0.2, -0.15) is 0 Å². The second-order valence-electron chi connectivity index (χ2n) is 7.50. The Morgan fingerprint density at radius 2 is 1.06 bits per heavy atom. The molecule has 0 aliphatic heterocycles. The topological polar surface area (TPSA) is 40.5 Å². The van der Waals surface area contributed by atoms with Gasteiger partial charge in [0, 0.05) is 0 Å². The Bertz CT molecular complexity index is 242. The van der Waals surface area contributed by atoms with Crippen LogP contribution in [0.3, 0.4) is 0 Å². The van der Waals surface area contributed by atoms with Crippen LogP contribution in [-0.4, -0.2) is 22.4 Å². The summed E-state index contributed by atoms with van der Waals surface area (Å²) >= 11 is 0. The van der Waals surface area contributed by atoms with Crippen LogP contribution in [-0.2, 0) is 0 Å². The number of rotatable bonds is 4. The van der Waals surface area contributed by atoms with Gasteiger partial charge in [-0.3, -0.25) is 0 Å². The van der Waals surface area contributed by atoms with Crippen molar-refractivity contribution in [2.45, 2.75) is 79.4 Å². The highest BCUT2D eigenvalue weighted by Crippen LogP contribution is 2.47. The van der Waals surface area contributed by atoms with Crippen LogP contribution in [0, 0.1) is 22.7 Å². The van der Waals surface area contributed by atoms with E-state index in [9.17, 15) is 10.2 Å². The van der Waals surface area contributed by atoms with E-state index >= 15 is 0 Å². The Kier molecular flexibility index (Phi) is 4.88. The van der Waals surface area contributed by atoms with Crippen LogP contribution in [0.25, 0.3) is 0 Å². The van der Waals surface area contributed by atoms with Crippen molar-refractivity contribution in [3.63, 3.8) is 0 Å². The summed E-state index contributed by atoms with van der Waals surface area (Å²) < 4.78 is 0. The Labute approximate surface area is 113 Å². The molecule has 2 nitrogen and oxygen atoms in total. The molecule has 1 aliphatic rings. The van der Waals surface area contributed by atoms with Gasteiger partial charge in [0.25, 0.3) is 0 Å². The van der Waals surface area contributed by atoms with E-state index in [0.717, 1.165) is 25.7 Å². The Balaban J connectivity index is 2.83. The van der Waals surface area contributed by atoms with Crippen LogP contribution in [0.15, 0.2) is 0 Å². The molecule has 4 unspecified atom stereocenters. The van der Waals surface area contributed by atoms with Crippen molar-refractivity contribution in [2.75, 3.05) is 0 Å². The lowest BCUT2D eigenvalue weighted by Crippen LogP contribution is -2.48. The first-order chi connectivity index (χ1) is 8.15. The van der Waals surface area contributed by atoms with Gasteiger partial charge in [0.05, 0.1) is 12.2 Å². The summed E-state index contributed by atoms with van der Waals surface area (Å²) in [5.41, 5.74) is 0.226.